The molecule has 0 spiro atoms. The minimum atomic E-state index is -0.913. The Hall–Kier alpha value is -3.27. The highest BCUT2D eigenvalue weighted by molar-refractivity contribution is 5.88. The molecule has 0 bridgehead atoms. The van der Waals surface area contributed by atoms with Crippen molar-refractivity contribution in [2.75, 3.05) is 11.4 Å². The van der Waals surface area contributed by atoms with Crippen LogP contribution in [-0.2, 0) is 13.2 Å². The fraction of sp³-hybridized carbons (Fsp3) is 0.174. The third-order valence-electron chi connectivity index (χ3n) is 4.43. The van der Waals surface area contributed by atoms with Crippen LogP contribution in [0.3, 0.4) is 0 Å². The third kappa shape index (κ3) is 4.88. The van der Waals surface area contributed by atoms with Gasteiger partial charge in [0.15, 0.2) is 0 Å². The highest BCUT2D eigenvalue weighted by Gasteiger charge is 2.11. The minimum absolute atomic E-state index is 0.293. The molecule has 0 saturated heterocycles. The van der Waals surface area contributed by atoms with Crippen LogP contribution >= 0.6 is 0 Å². The Bertz CT molecular complexity index is 876. The van der Waals surface area contributed by atoms with E-state index in [1.165, 1.54) is 0 Å². The molecule has 138 valence electrons. The number of ether oxygens (including phenoxy) is 1. The summed E-state index contributed by atoms with van der Waals surface area (Å²) >= 11 is 0. The summed E-state index contributed by atoms with van der Waals surface area (Å²) in [6.07, 6.45) is 0. The largest absolute Gasteiger partial charge is 0.489 e. The van der Waals surface area contributed by atoms with Gasteiger partial charge in [-0.15, -0.1) is 0 Å². The molecule has 3 aromatic carbocycles. The van der Waals surface area contributed by atoms with Crippen LogP contribution in [0.5, 0.6) is 5.75 Å². The minimum Gasteiger partial charge on any atom is -0.489 e. The molecule has 0 heterocycles. The second-order valence-corrected chi connectivity index (χ2v) is 6.25. The summed E-state index contributed by atoms with van der Waals surface area (Å²) in [5, 5.41) is 9.07. The fourth-order valence-electron chi connectivity index (χ4n) is 2.92. The van der Waals surface area contributed by atoms with Gasteiger partial charge in [0.1, 0.15) is 12.4 Å². The standard InChI is InChI=1S/C23H23NO3/c1-2-24(21-14-12-19(13-15-21)23(25)26)16-20-10-6-7-11-22(20)27-17-18-8-4-3-5-9-18/h3-15H,2,16-17H2,1H3,(H,25,26). The van der Waals surface area contributed by atoms with Gasteiger partial charge in [-0.3, -0.25) is 0 Å². The number of carboxylic acids is 1. The van der Waals surface area contributed by atoms with Crippen molar-refractivity contribution in [3.8, 4) is 5.75 Å². The Morgan fingerprint density at radius 2 is 1.59 bits per heavy atom. The molecule has 0 aromatic heterocycles. The lowest BCUT2D eigenvalue weighted by molar-refractivity contribution is 0.0697. The van der Waals surface area contributed by atoms with Crippen molar-refractivity contribution in [2.24, 2.45) is 0 Å². The molecule has 4 nitrogen and oxygen atoms in total. The monoisotopic (exact) mass is 361 g/mol. The number of rotatable bonds is 8. The van der Waals surface area contributed by atoms with Crippen molar-refractivity contribution in [1.82, 2.24) is 0 Å². The van der Waals surface area contributed by atoms with Gasteiger partial charge in [0.25, 0.3) is 0 Å². The number of aromatic carboxylic acids is 1. The molecule has 3 rings (SSSR count). The maximum absolute atomic E-state index is 11.0. The van der Waals surface area contributed by atoms with E-state index in [2.05, 4.69) is 17.9 Å². The molecule has 0 radical (unpaired) electrons. The molecule has 0 atom stereocenters. The highest BCUT2D eigenvalue weighted by atomic mass is 16.5. The Morgan fingerprint density at radius 1 is 0.926 bits per heavy atom. The van der Waals surface area contributed by atoms with Gasteiger partial charge in [0.05, 0.1) is 5.56 Å². The highest BCUT2D eigenvalue weighted by Crippen LogP contribution is 2.24. The van der Waals surface area contributed by atoms with Crippen LogP contribution in [-0.4, -0.2) is 17.6 Å². The molecule has 4 heteroatoms. The summed E-state index contributed by atoms with van der Waals surface area (Å²) in [6.45, 7) is 4.10. The average molecular weight is 361 g/mol. The smallest absolute Gasteiger partial charge is 0.335 e. The van der Waals surface area contributed by atoms with Crippen LogP contribution in [0.1, 0.15) is 28.4 Å². The van der Waals surface area contributed by atoms with Crippen LogP contribution in [0.25, 0.3) is 0 Å². The zero-order chi connectivity index (χ0) is 19.1. The Morgan fingerprint density at radius 3 is 2.26 bits per heavy atom. The third-order valence-corrected chi connectivity index (χ3v) is 4.43. The number of carbonyl (C=O) groups is 1. The summed E-state index contributed by atoms with van der Waals surface area (Å²) in [5.41, 5.74) is 3.50. The van der Waals surface area contributed by atoms with Gasteiger partial charge < -0.3 is 14.7 Å². The van der Waals surface area contributed by atoms with Gasteiger partial charge in [-0.2, -0.15) is 0 Å². The first-order chi connectivity index (χ1) is 13.2. The van der Waals surface area contributed by atoms with Gasteiger partial charge in [0, 0.05) is 24.3 Å². The fourth-order valence-corrected chi connectivity index (χ4v) is 2.92. The molecule has 3 aromatic rings. The van der Waals surface area contributed by atoms with Crippen LogP contribution in [0.15, 0.2) is 78.9 Å². The summed E-state index contributed by atoms with van der Waals surface area (Å²) in [6, 6.07) is 25.1. The van der Waals surface area contributed by atoms with Gasteiger partial charge in [-0.25, -0.2) is 4.79 Å². The topological polar surface area (TPSA) is 49.8 Å². The van der Waals surface area contributed by atoms with Crippen LogP contribution < -0.4 is 9.64 Å². The SMILES string of the molecule is CCN(Cc1ccccc1OCc1ccccc1)c1ccc(C(=O)O)cc1. The molecule has 0 aliphatic heterocycles. The Balaban J connectivity index is 1.74. The first-order valence-corrected chi connectivity index (χ1v) is 9.00. The maximum atomic E-state index is 11.0. The number of carboxylic acid groups (broad SMARTS) is 1. The number of hydrogen-bond donors (Lipinski definition) is 1. The van der Waals surface area contributed by atoms with E-state index >= 15 is 0 Å². The van der Waals surface area contributed by atoms with E-state index in [-0.39, 0.29) is 0 Å². The molecule has 0 saturated carbocycles. The van der Waals surface area contributed by atoms with Crippen LogP contribution in [0.4, 0.5) is 5.69 Å². The lowest BCUT2D eigenvalue weighted by atomic mass is 10.1. The molecular formula is C23H23NO3. The average Bonchev–Trinajstić information content (AvgIpc) is 2.72. The number of nitrogens with zero attached hydrogens (tertiary/aromatic N) is 1. The van der Waals surface area contributed by atoms with E-state index < -0.39 is 5.97 Å². The first kappa shape index (κ1) is 18.5. The number of anilines is 1. The molecule has 0 unspecified atom stereocenters. The van der Waals surface area contributed by atoms with Gasteiger partial charge in [-0.1, -0.05) is 48.5 Å². The van der Waals surface area contributed by atoms with E-state index in [1.807, 2.05) is 60.7 Å². The van der Waals surface area contributed by atoms with E-state index in [0.717, 1.165) is 29.1 Å². The summed E-state index contributed by atoms with van der Waals surface area (Å²) < 4.78 is 6.05. The van der Waals surface area contributed by atoms with Crippen molar-refractivity contribution in [2.45, 2.75) is 20.1 Å². The van der Waals surface area contributed by atoms with Gasteiger partial charge in [-0.05, 0) is 42.8 Å². The molecule has 27 heavy (non-hydrogen) atoms. The van der Waals surface area contributed by atoms with Crippen molar-refractivity contribution in [3.63, 3.8) is 0 Å². The maximum Gasteiger partial charge on any atom is 0.335 e. The number of para-hydroxylation sites is 1. The van der Waals surface area contributed by atoms with Gasteiger partial charge in [0.2, 0.25) is 0 Å². The van der Waals surface area contributed by atoms with Crippen LogP contribution in [0.2, 0.25) is 0 Å². The molecular weight excluding hydrogens is 338 g/mol. The van der Waals surface area contributed by atoms with E-state index in [4.69, 9.17) is 9.84 Å². The first-order valence-electron chi connectivity index (χ1n) is 9.00. The van der Waals surface area contributed by atoms with Crippen molar-refractivity contribution in [1.29, 1.82) is 0 Å². The molecule has 0 amide bonds. The molecule has 0 aliphatic carbocycles. The Kier molecular flexibility index (Phi) is 6.10. The summed E-state index contributed by atoms with van der Waals surface area (Å²) in [5.74, 6) is -0.0498. The zero-order valence-electron chi connectivity index (χ0n) is 15.3. The second-order valence-electron chi connectivity index (χ2n) is 6.25. The predicted octanol–water partition coefficient (Wildman–Crippen LogP) is 4.99. The molecule has 0 aliphatic rings. The number of benzene rings is 3. The lowest BCUT2D eigenvalue weighted by Gasteiger charge is -2.24. The quantitative estimate of drug-likeness (QED) is 0.614. The second kappa shape index (κ2) is 8.90. The lowest BCUT2D eigenvalue weighted by Crippen LogP contribution is -2.22. The summed E-state index contributed by atoms with van der Waals surface area (Å²) in [4.78, 5) is 13.2. The van der Waals surface area contributed by atoms with E-state index in [1.54, 1.807) is 12.1 Å². The Labute approximate surface area is 159 Å². The van der Waals surface area contributed by atoms with E-state index in [9.17, 15) is 4.79 Å². The van der Waals surface area contributed by atoms with Crippen LogP contribution in [0, 0.1) is 0 Å². The van der Waals surface area contributed by atoms with Gasteiger partial charge >= 0.3 is 5.97 Å². The summed E-state index contributed by atoms with van der Waals surface area (Å²) in [7, 11) is 0. The normalized spacial score (nSPS) is 10.4. The van der Waals surface area contributed by atoms with Crippen molar-refractivity contribution >= 4 is 11.7 Å². The molecule has 1 N–H and O–H groups in total. The zero-order valence-corrected chi connectivity index (χ0v) is 15.3. The van der Waals surface area contributed by atoms with E-state index in [0.29, 0.717) is 18.7 Å². The van der Waals surface area contributed by atoms with Crippen molar-refractivity contribution < 1.29 is 14.6 Å². The predicted molar refractivity (Wildman–Crippen MR) is 107 cm³/mol. The van der Waals surface area contributed by atoms with Crippen molar-refractivity contribution in [3.05, 3.63) is 95.6 Å². The molecule has 0 fully saturated rings. The number of hydrogen-bond acceptors (Lipinski definition) is 3.